The zero-order valence-electron chi connectivity index (χ0n) is 20.6. The van der Waals surface area contributed by atoms with Crippen molar-refractivity contribution in [2.75, 3.05) is 33.9 Å². The molecular weight excluding hydrogens is 446 g/mol. The molecule has 0 radical (unpaired) electrons. The maximum absolute atomic E-state index is 13.7. The predicted octanol–water partition coefficient (Wildman–Crippen LogP) is 3.80. The van der Waals surface area contributed by atoms with E-state index in [-0.39, 0.29) is 24.5 Å². The highest BCUT2D eigenvalue weighted by Crippen LogP contribution is 2.39. The molecular formula is C27H33N3O5. The lowest BCUT2D eigenvalue weighted by atomic mass is 9.97. The highest BCUT2D eigenvalue weighted by Gasteiger charge is 2.38. The molecule has 0 aliphatic carbocycles. The second kappa shape index (κ2) is 11.4. The van der Waals surface area contributed by atoms with Crippen LogP contribution in [-0.4, -0.2) is 67.5 Å². The van der Waals surface area contributed by atoms with Gasteiger partial charge in [-0.3, -0.25) is 14.5 Å². The summed E-state index contributed by atoms with van der Waals surface area (Å²) in [5.41, 5.74) is 2.51. The number of likely N-dealkylation sites (tertiary alicyclic amines) is 1. The Morgan fingerprint density at radius 2 is 1.71 bits per heavy atom. The standard InChI is InChI=1S/C27H33N3O5/c1-4-35-27(32)22-13-9-10-16-29(22)18-26(31)30-23(20-12-6-8-15-25(20)34-3)17-21(28-30)19-11-5-7-14-24(19)33-2/h5-8,11-12,14-15,22-23H,4,9-10,13,16-18H2,1-3H3/t22-,23+/m1/s1. The Hall–Kier alpha value is -3.39. The van der Waals surface area contributed by atoms with Crippen LogP contribution in [0.15, 0.2) is 53.6 Å². The lowest BCUT2D eigenvalue weighted by Crippen LogP contribution is -2.49. The van der Waals surface area contributed by atoms with Gasteiger partial charge in [0.1, 0.15) is 17.5 Å². The van der Waals surface area contributed by atoms with Crippen molar-refractivity contribution >= 4 is 17.6 Å². The number of carbonyl (C=O) groups is 2. The van der Waals surface area contributed by atoms with E-state index in [0.717, 1.165) is 29.7 Å². The second-order valence-corrected chi connectivity index (χ2v) is 8.68. The molecule has 2 atom stereocenters. The number of ether oxygens (including phenoxy) is 3. The Morgan fingerprint density at radius 1 is 1.00 bits per heavy atom. The number of hydrogen-bond donors (Lipinski definition) is 0. The summed E-state index contributed by atoms with van der Waals surface area (Å²) in [6.45, 7) is 2.89. The van der Waals surface area contributed by atoms with Crippen molar-refractivity contribution in [3.63, 3.8) is 0 Å². The van der Waals surface area contributed by atoms with Gasteiger partial charge in [-0.2, -0.15) is 5.10 Å². The van der Waals surface area contributed by atoms with E-state index in [9.17, 15) is 9.59 Å². The molecule has 0 spiro atoms. The number of rotatable bonds is 8. The summed E-state index contributed by atoms with van der Waals surface area (Å²) in [6, 6.07) is 14.6. The molecule has 0 aromatic heterocycles. The zero-order chi connectivity index (χ0) is 24.8. The lowest BCUT2D eigenvalue weighted by molar-refractivity contribution is -0.152. The van der Waals surface area contributed by atoms with Crippen LogP contribution in [0.3, 0.4) is 0 Å². The van der Waals surface area contributed by atoms with Crippen LogP contribution >= 0.6 is 0 Å². The van der Waals surface area contributed by atoms with Crippen LogP contribution in [0.5, 0.6) is 11.5 Å². The number of nitrogens with zero attached hydrogens (tertiary/aromatic N) is 3. The minimum Gasteiger partial charge on any atom is -0.496 e. The van der Waals surface area contributed by atoms with E-state index in [2.05, 4.69) is 0 Å². The molecule has 0 bridgehead atoms. The molecule has 2 aromatic carbocycles. The first-order valence-electron chi connectivity index (χ1n) is 12.1. The topological polar surface area (TPSA) is 80.7 Å². The summed E-state index contributed by atoms with van der Waals surface area (Å²) in [5, 5.41) is 6.35. The van der Waals surface area contributed by atoms with E-state index in [1.54, 1.807) is 26.2 Å². The minimum absolute atomic E-state index is 0.0951. The molecule has 0 unspecified atom stereocenters. The molecule has 1 amide bonds. The first-order chi connectivity index (χ1) is 17.1. The average Bonchev–Trinajstić information content (AvgIpc) is 3.34. The van der Waals surface area contributed by atoms with E-state index in [0.29, 0.717) is 37.5 Å². The number of carbonyl (C=O) groups excluding carboxylic acids is 2. The zero-order valence-corrected chi connectivity index (χ0v) is 20.6. The van der Waals surface area contributed by atoms with Gasteiger partial charge in [-0.1, -0.05) is 36.8 Å². The van der Waals surface area contributed by atoms with Gasteiger partial charge in [-0.15, -0.1) is 0 Å². The number of para-hydroxylation sites is 2. The van der Waals surface area contributed by atoms with Gasteiger partial charge in [0.05, 0.1) is 39.1 Å². The van der Waals surface area contributed by atoms with Gasteiger partial charge in [0, 0.05) is 17.5 Å². The molecule has 2 aromatic rings. The summed E-state index contributed by atoms with van der Waals surface area (Å²) in [7, 11) is 3.25. The molecule has 1 fully saturated rings. The number of esters is 1. The third-order valence-electron chi connectivity index (χ3n) is 6.59. The Bertz CT molecular complexity index is 1090. The Kier molecular flexibility index (Phi) is 8.02. The van der Waals surface area contributed by atoms with Gasteiger partial charge in [0.2, 0.25) is 0 Å². The summed E-state index contributed by atoms with van der Waals surface area (Å²) in [4.78, 5) is 28.2. The molecule has 0 N–H and O–H groups in total. The summed E-state index contributed by atoms with van der Waals surface area (Å²) in [5.74, 6) is 0.981. The van der Waals surface area contributed by atoms with Crippen molar-refractivity contribution in [3.8, 4) is 11.5 Å². The molecule has 0 saturated carbocycles. The van der Waals surface area contributed by atoms with Crippen LogP contribution in [0.1, 0.15) is 49.8 Å². The van der Waals surface area contributed by atoms with Crippen LogP contribution in [0.2, 0.25) is 0 Å². The van der Waals surface area contributed by atoms with E-state index < -0.39 is 6.04 Å². The molecule has 2 heterocycles. The van der Waals surface area contributed by atoms with E-state index in [4.69, 9.17) is 19.3 Å². The van der Waals surface area contributed by atoms with Crippen LogP contribution in [0.4, 0.5) is 0 Å². The number of methoxy groups -OCH3 is 2. The molecule has 2 aliphatic heterocycles. The summed E-state index contributed by atoms with van der Waals surface area (Å²) in [6.07, 6.45) is 3.10. The SMILES string of the molecule is CCOC(=O)[C@H]1CCCCN1CC(=O)N1N=C(c2ccccc2OC)C[C@H]1c1ccccc1OC. The third-order valence-corrected chi connectivity index (χ3v) is 6.59. The van der Waals surface area contributed by atoms with Crippen LogP contribution in [0, 0.1) is 0 Å². The maximum atomic E-state index is 13.7. The number of hydrazone groups is 1. The van der Waals surface area contributed by atoms with Crippen LogP contribution in [0.25, 0.3) is 0 Å². The van der Waals surface area contributed by atoms with E-state index >= 15 is 0 Å². The fourth-order valence-corrected chi connectivity index (χ4v) is 4.90. The molecule has 2 aliphatic rings. The van der Waals surface area contributed by atoms with Crippen molar-refractivity contribution in [2.24, 2.45) is 5.10 Å². The first kappa shape index (κ1) is 24.7. The van der Waals surface area contributed by atoms with Crippen LogP contribution < -0.4 is 9.47 Å². The smallest absolute Gasteiger partial charge is 0.323 e. The van der Waals surface area contributed by atoms with Crippen molar-refractivity contribution in [1.29, 1.82) is 0 Å². The van der Waals surface area contributed by atoms with E-state index in [1.807, 2.05) is 53.4 Å². The van der Waals surface area contributed by atoms with Gasteiger partial charge < -0.3 is 14.2 Å². The van der Waals surface area contributed by atoms with Gasteiger partial charge in [0.25, 0.3) is 5.91 Å². The van der Waals surface area contributed by atoms with Gasteiger partial charge in [-0.05, 0) is 44.5 Å². The van der Waals surface area contributed by atoms with Gasteiger partial charge >= 0.3 is 5.97 Å². The molecule has 8 nitrogen and oxygen atoms in total. The molecule has 186 valence electrons. The Morgan fingerprint density at radius 3 is 2.46 bits per heavy atom. The molecule has 35 heavy (non-hydrogen) atoms. The number of benzene rings is 2. The summed E-state index contributed by atoms with van der Waals surface area (Å²) < 4.78 is 16.4. The Balaban J connectivity index is 1.65. The third kappa shape index (κ3) is 5.32. The Labute approximate surface area is 206 Å². The lowest BCUT2D eigenvalue weighted by Gasteiger charge is -2.34. The fourth-order valence-electron chi connectivity index (χ4n) is 4.90. The highest BCUT2D eigenvalue weighted by molar-refractivity contribution is 6.05. The largest absolute Gasteiger partial charge is 0.496 e. The summed E-state index contributed by atoms with van der Waals surface area (Å²) >= 11 is 0. The van der Waals surface area contributed by atoms with Crippen molar-refractivity contribution in [1.82, 2.24) is 9.91 Å². The van der Waals surface area contributed by atoms with Crippen LogP contribution in [-0.2, 0) is 14.3 Å². The van der Waals surface area contributed by atoms with Crippen molar-refractivity contribution in [2.45, 2.75) is 44.7 Å². The molecule has 4 rings (SSSR count). The fraction of sp³-hybridized carbons (Fsp3) is 0.444. The maximum Gasteiger partial charge on any atom is 0.323 e. The molecule has 8 heteroatoms. The number of hydrogen-bond acceptors (Lipinski definition) is 7. The van der Waals surface area contributed by atoms with Crippen molar-refractivity contribution in [3.05, 3.63) is 59.7 Å². The average molecular weight is 480 g/mol. The quantitative estimate of drug-likeness (QED) is 0.536. The number of amides is 1. The van der Waals surface area contributed by atoms with E-state index in [1.165, 1.54) is 0 Å². The first-order valence-corrected chi connectivity index (χ1v) is 12.1. The normalized spacial score (nSPS) is 20.3. The second-order valence-electron chi connectivity index (χ2n) is 8.68. The van der Waals surface area contributed by atoms with Gasteiger partial charge in [0.15, 0.2) is 0 Å². The number of piperidine rings is 1. The monoisotopic (exact) mass is 479 g/mol. The van der Waals surface area contributed by atoms with Gasteiger partial charge in [-0.25, -0.2) is 5.01 Å². The molecule has 1 saturated heterocycles. The highest BCUT2D eigenvalue weighted by atomic mass is 16.5. The predicted molar refractivity (Wildman–Crippen MR) is 133 cm³/mol. The van der Waals surface area contributed by atoms with Crippen molar-refractivity contribution < 1.29 is 23.8 Å². The minimum atomic E-state index is -0.405.